The fraction of sp³-hybridized carbons (Fsp3) is 0.500. The molecule has 1 amide bonds. The smallest absolute Gasteiger partial charge is 0.335 e. The highest BCUT2D eigenvalue weighted by molar-refractivity contribution is 5.98. The molecule has 2 rings (SSSR count). The molecular formula is C16H22N2O3. The van der Waals surface area contributed by atoms with E-state index in [1.807, 2.05) is 0 Å². The molecule has 2 N–H and O–H groups in total. The minimum absolute atomic E-state index is 0.109. The standard InChI is InChI=1S/C16H22N2O3/c1-3-8-16(9-10-17-11-16)15(21)18(2)13-6-4-12(5-7-13)14(19)20/h4-7,17H,3,8-11H2,1-2H3,(H,19,20). The van der Waals surface area contributed by atoms with Crippen molar-refractivity contribution >= 4 is 17.6 Å². The van der Waals surface area contributed by atoms with Gasteiger partial charge in [0.1, 0.15) is 0 Å². The third kappa shape index (κ3) is 3.08. The average Bonchev–Trinajstić information content (AvgIpc) is 2.96. The van der Waals surface area contributed by atoms with Crippen molar-refractivity contribution in [3.05, 3.63) is 29.8 Å². The fourth-order valence-electron chi connectivity index (χ4n) is 3.03. The minimum atomic E-state index is -0.960. The van der Waals surface area contributed by atoms with Gasteiger partial charge in [0.2, 0.25) is 5.91 Å². The number of nitrogens with zero attached hydrogens (tertiary/aromatic N) is 1. The van der Waals surface area contributed by atoms with Crippen LogP contribution in [-0.2, 0) is 4.79 Å². The quantitative estimate of drug-likeness (QED) is 0.871. The molecule has 0 aromatic heterocycles. The number of carbonyl (C=O) groups is 2. The van der Waals surface area contributed by atoms with E-state index in [-0.39, 0.29) is 16.9 Å². The van der Waals surface area contributed by atoms with Gasteiger partial charge in [0, 0.05) is 19.3 Å². The summed E-state index contributed by atoms with van der Waals surface area (Å²) in [5.41, 5.74) is 0.632. The molecule has 1 aliphatic rings. The van der Waals surface area contributed by atoms with Crippen LogP contribution in [0, 0.1) is 5.41 Å². The van der Waals surface area contributed by atoms with Crippen molar-refractivity contribution in [1.29, 1.82) is 0 Å². The second kappa shape index (κ2) is 6.26. The van der Waals surface area contributed by atoms with E-state index in [1.54, 1.807) is 24.1 Å². The van der Waals surface area contributed by atoms with Crippen molar-refractivity contribution in [3.63, 3.8) is 0 Å². The first kappa shape index (κ1) is 15.5. The number of amides is 1. The van der Waals surface area contributed by atoms with Crippen LogP contribution in [0.4, 0.5) is 5.69 Å². The van der Waals surface area contributed by atoms with Gasteiger partial charge in [0.25, 0.3) is 0 Å². The molecule has 0 aliphatic carbocycles. The summed E-state index contributed by atoms with van der Waals surface area (Å²) in [5, 5.41) is 12.2. The Morgan fingerprint density at radius 2 is 2.00 bits per heavy atom. The lowest BCUT2D eigenvalue weighted by Crippen LogP contribution is -2.43. The van der Waals surface area contributed by atoms with Crippen LogP contribution in [0.3, 0.4) is 0 Å². The van der Waals surface area contributed by atoms with Gasteiger partial charge in [-0.2, -0.15) is 0 Å². The van der Waals surface area contributed by atoms with Gasteiger partial charge in [-0.3, -0.25) is 4.79 Å². The van der Waals surface area contributed by atoms with Crippen LogP contribution in [0.1, 0.15) is 36.5 Å². The average molecular weight is 290 g/mol. The van der Waals surface area contributed by atoms with Gasteiger partial charge >= 0.3 is 5.97 Å². The molecule has 0 saturated carbocycles. The second-order valence-corrected chi connectivity index (χ2v) is 5.67. The van der Waals surface area contributed by atoms with Crippen LogP contribution in [-0.4, -0.2) is 37.1 Å². The normalized spacial score (nSPS) is 21.2. The summed E-state index contributed by atoms with van der Waals surface area (Å²) in [6.07, 6.45) is 2.70. The van der Waals surface area contributed by atoms with E-state index in [4.69, 9.17) is 5.11 Å². The molecule has 1 fully saturated rings. The molecule has 5 heteroatoms. The van der Waals surface area contributed by atoms with Crippen molar-refractivity contribution < 1.29 is 14.7 Å². The molecule has 1 unspecified atom stereocenters. The number of carboxylic acid groups (broad SMARTS) is 1. The monoisotopic (exact) mass is 290 g/mol. The van der Waals surface area contributed by atoms with Crippen LogP contribution in [0.15, 0.2) is 24.3 Å². The van der Waals surface area contributed by atoms with Crippen molar-refractivity contribution in [2.75, 3.05) is 25.0 Å². The topological polar surface area (TPSA) is 69.6 Å². The molecule has 21 heavy (non-hydrogen) atoms. The number of benzene rings is 1. The highest BCUT2D eigenvalue weighted by atomic mass is 16.4. The van der Waals surface area contributed by atoms with E-state index in [0.717, 1.165) is 38.0 Å². The van der Waals surface area contributed by atoms with Gasteiger partial charge < -0.3 is 15.3 Å². The molecule has 5 nitrogen and oxygen atoms in total. The van der Waals surface area contributed by atoms with Crippen LogP contribution in [0.25, 0.3) is 0 Å². The summed E-state index contributed by atoms with van der Waals surface area (Å²) in [4.78, 5) is 25.4. The maximum atomic E-state index is 12.8. The fourth-order valence-corrected chi connectivity index (χ4v) is 3.03. The summed E-state index contributed by atoms with van der Waals surface area (Å²) < 4.78 is 0. The number of rotatable bonds is 5. The molecule has 1 heterocycles. The molecular weight excluding hydrogens is 268 g/mol. The zero-order valence-corrected chi connectivity index (χ0v) is 12.6. The zero-order chi connectivity index (χ0) is 15.5. The number of anilines is 1. The molecule has 1 aromatic rings. The first-order valence-electron chi connectivity index (χ1n) is 7.32. The number of hydrogen-bond donors (Lipinski definition) is 2. The summed E-state index contributed by atoms with van der Waals surface area (Å²) in [7, 11) is 1.76. The maximum Gasteiger partial charge on any atom is 0.335 e. The first-order chi connectivity index (χ1) is 10.00. The Balaban J connectivity index is 2.19. The second-order valence-electron chi connectivity index (χ2n) is 5.67. The third-order valence-electron chi connectivity index (χ3n) is 4.23. The number of aromatic carboxylic acids is 1. The van der Waals surface area contributed by atoms with E-state index in [1.165, 1.54) is 12.1 Å². The molecule has 1 saturated heterocycles. The molecule has 1 aliphatic heterocycles. The highest BCUT2D eigenvalue weighted by Crippen LogP contribution is 2.34. The Bertz CT molecular complexity index is 519. The molecule has 1 aromatic carbocycles. The molecule has 0 spiro atoms. The van der Waals surface area contributed by atoms with E-state index < -0.39 is 5.97 Å². The Morgan fingerprint density at radius 1 is 1.33 bits per heavy atom. The summed E-state index contributed by atoms with van der Waals surface area (Å²) in [5.74, 6) is -0.851. The van der Waals surface area contributed by atoms with Gasteiger partial charge in [-0.15, -0.1) is 0 Å². The minimum Gasteiger partial charge on any atom is -0.478 e. The third-order valence-corrected chi connectivity index (χ3v) is 4.23. The Morgan fingerprint density at radius 3 is 2.48 bits per heavy atom. The number of carbonyl (C=O) groups excluding carboxylic acids is 1. The molecule has 114 valence electrons. The Kier molecular flexibility index (Phi) is 4.63. The van der Waals surface area contributed by atoms with Crippen molar-refractivity contribution in [3.8, 4) is 0 Å². The molecule has 0 radical (unpaired) electrons. The van der Waals surface area contributed by atoms with Crippen molar-refractivity contribution in [1.82, 2.24) is 5.32 Å². The highest BCUT2D eigenvalue weighted by Gasteiger charge is 2.42. The largest absolute Gasteiger partial charge is 0.478 e. The lowest BCUT2D eigenvalue weighted by molar-refractivity contribution is -0.127. The van der Waals surface area contributed by atoms with Gasteiger partial charge in [-0.25, -0.2) is 4.79 Å². The van der Waals surface area contributed by atoms with Gasteiger partial charge in [0.05, 0.1) is 11.0 Å². The zero-order valence-electron chi connectivity index (χ0n) is 12.6. The van der Waals surface area contributed by atoms with E-state index >= 15 is 0 Å². The summed E-state index contributed by atoms with van der Waals surface area (Å²) in [6.45, 7) is 3.68. The number of carboxylic acids is 1. The molecule has 1 atom stereocenters. The predicted molar refractivity (Wildman–Crippen MR) is 81.6 cm³/mol. The van der Waals surface area contributed by atoms with E-state index in [9.17, 15) is 9.59 Å². The van der Waals surface area contributed by atoms with Crippen LogP contribution in [0.2, 0.25) is 0 Å². The predicted octanol–water partition coefficient (Wildman–Crippen LogP) is 2.13. The first-order valence-corrected chi connectivity index (χ1v) is 7.32. The van der Waals surface area contributed by atoms with Gasteiger partial charge in [-0.1, -0.05) is 13.3 Å². The summed E-state index contributed by atoms with van der Waals surface area (Å²) in [6, 6.07) is 6.43. The lowest BCUT2D eigenvalue weighted by Gasteiger charge is -2.31. The van der Waals surface area contributed by atoms with Crippen molar-refractivity contribution in [2.45, 2.75) is 26.2 Å². The Hall–Kier alpha value is -1.88. The van der Waals surface area contributed by atoms with Gasteiger partial charge in [0.15, 0.2) is 0 Å². The van der Waals surface area contributed by atoms with Crippen LogP contribution in [0.5, 0.6) is 0 Å². The SMILES string of the molecule is CCCC1(C(=O)N(C)c2ccc(C(=O)O)cc2)CCNC1. The van der Waals surface area contributed by atoms with E-state index in [0.29, 0.717) is 0 Å². The Labute approximate surface area is 125 Å². The summed E-state index contributed by atoms with van der Waals surface area (Å²) >= 11 is 0. The van der Waals surface area contributed by atoms with Crippen molar-refractivity contribution in [2.24, 2.45) is 5.41 Å². The van der Waals surface area contributed by atoms with Gasteiger partial charge in [-0.05, 0) is 43.7 Å². The maximum absolute atomic E-state index is 12.8. The lowest BCUT2D eigenvalue weighted by atomic mass is 9.81. The van der Waals surface area contributed by atoms with E-state index in [2.05, 4.69) is 12.2 Å². The van der Waals surface area contributed by atoms with Crippen LogP contribution >= 0.6 is 0 Å². The number of hydrogen-bond acceptors (Lipinski definition) is 3. The van der Waals surface area contributed by atoms with Crippen LogP contribution < -0.4 is 10.2 Å². The number of nitrogens with one attached hydrogen (secondary N) is 1. The molecule has 0 bridgehead atoms.